The van der Waals surface area contributed by atoms with Gasteiger partial charge in [-0.15, -0.1) is 0 Å². The summed E-state index contributed by atoms with van der Waals surface area (Å²) in [6.07, 6.45) is 7.49. The average Bonchev–Trinajstić information content (AvgIpc) is 3.29. The molecule has 120 valence electrons. The lowest BCUT2D eigenvalue weighted by Crippen LogP contribution is -2.28. The largest absolute Gasteiger partial charge is 0.308 e. The van der Waals surface area contributed by atoms with Crippen molar-refractivity contribution >= 4 is 11.7 Å². The quantitative estimate of drug-likeness (QED) is 0.800. The van der Waals surface area contributed by atoms with Gasteiger partial charge in [-0.3, -0.25) is 14.8 Å². The first-order valence-corrected chi connectivity index (χ1v) is 7.57. The van der Waals surface area contributed by atoms with Crippen LogP contribution in [0, 0.1) is 5.82 Å². The number of amides is 1. The zero-order valence-electron chi connectivity index (χ0n) is 12.7. The highest BCUT2D eigenvalue weighted by Gasteiger charge is 2.52. The van der Waals surface area contributed by atoms with E-state index in [-0.39, 0.29) is 5.91 Å². The molecule has 3 heterocycles. The molecular formula is C17H14FN5O. The number of carbonyl (C=O) groups excluding carboxylic acids is 1. The van der Waals surface area contributed by atoms with E-state index in [0.717, 1.165) is 24.7 Å². The lowest BCUT2D eigenvalue weighted by Gasteiger charge is -2.13. The van der Waals surface area contributed by atoms with Crippen molar-refractivity contribution in [3.8, 4) is 5.69 Å². The number of carbonyl (C=O) groups is 1. The van der Waals surface area contributed by atoms with Crippen LogP contribution in [-0.4, -0.2) is 25.7 Å². The third-order valence-electron chi connectivity index (χ3n) is 4.13. The number of rotatable bonds is 4. The van der Waals surface area contributed by atoms with Gasteiger partial charge in [0.05, 0.1) is 29.2 Å². The van der Waals surface area contributed by atoms with Gasteiger partial charge >= 0.3 is 0 Å². The molecule has 0 aromatic carbocycles. The number of nitrogens with zero attached hydrogens (tertiary/aromatic N) is 4. The van der Waals surface area contributed by atoms with Gasteiger partial charge in [-0.1, -0.05) is 6.07 Å². The van der Waals surface area contributed by atoms with Crippen LogP contribution in [-0.2, 0) is 10.2 Å². The monoisotopic (exact) mass is 323 g/mol. The molecule has 0 unspecified atom stereocenters. The number of halogens is 1. The SMILES string of the molecule is O=C(Nc1ccn(-c2cncc(F)c2)n1)C1(c2ccccn2)CC1. The second kappa shape index (κ2) is 5.52. The van der Waals surface area contributed by atoms with E-state index in [9.17, 15) is 9.18 Å². The van der Waals surface area contributed by atoms with E-state index in [1.165, 1.54) is 16.9 Å². The zero-order valence-corrected chi connectivity index (χ0v) is 12.7. The van der Waals surface area contributed by atoms with Crippen molar-refractivity contribution < 1.29 is 9.18 Å². The Bertz CT molecular complexity index is 889. The van der Waals surface area contributed by atoms with Crippen molar-refractivity contribution in [2.45, 2.75) is 18.3 Å². The molecule has 1 amide bonds. The van der Waals surface area contributed by atoms with Gasteiger partial charge in [0, 0.05) is 24.5 Å². The fourth-order valence-corrected chi connectivity index (χ4v) is 2.67. The van der Waals surface area contributed by atoms with Gasteiger partial charge in [0.2, 0.25) is 5.91 Å². The molecule has 1 N–H and O–H groups in total. The Morgan fingerprint density at radius 2 is 2.12 bits per heavy atom. The molecule has 1 fully saturated rings. The summed E-state index contributed by atoms with van der Waals surface area (Å²) >= 11 is 0. The molecule has 7 heteroatoms. The topological polar surface area (TPSA) is 72.7 Å². The maximum Gasteiger partial charge on any atom is 0.237 e. The molecule has 0 spiro atoms. The summed E-state index contributed by atoms with van der Waals surface area (Å²) in [5.41, 5.74) is 0.698. The predicted octanol–water partition coefficient (Wildman–Crippen LogP) is 2.47. The van der Waals surface area contributed by atoms with E-state index in [4.69, 9.17) is 0 Å². The molecule has 3 aromatic rings. The third kappa shape index (κ3) is 2.54. The van der Waals surface area contributed by atoms with Gasteiger partial charge in [0.1, 0.15) is 5.82 Å². The Balaban J connectivity index is 1.53. The minimum atomic E-state index is -0.564. The van der Waals surface area contributed by atoms with Crippen molar-refractivity contribution in [1.82, 2.24) is 19.7 Å². The van der Waals surface area contributed by atoms with Crippen LogP contribution in [0.25, 0.3) is 5.69 Å². The molecule has 24 heavy (non-hydrogen) atoms. The van der Waals surface area contributed by atoms with E-state index >= 15 is 0 Å². The first kappa shape index (κ1) is 14.5. The van der Waals surface area contributed by atoms with Crippen LogP contribution in [0.15, 0.2) is 55.1 Å². The number of anilines is 1. The molecular weight excluding hydrogens is 309 g/mol. The lowest BCUT2D eigenvalue weighted by molar-refractivity contribution is -0.118. The van der Waals surface area contributed by atoms with E-state index in [1.54, 1.807) is 18.5 Å². The summed E-state index contributed by atoms with van der Waals surface area (Å²) in [6, 6.07) is 8.55. The number of aromatic nitrogens is 4. The minimum absolute atomic E-state index is 0.121. The van der Waals surface area contributed by atoms with E-state index in [2.05, 4.69) is 20.4 Å². The molecule has 4 rings (SSSR count). The maximum atomic E-state index is 13.2. The third-order valence-corrected chi connectivity index (χ3v) is 4.13. The van der Waals surface area contributed by atoms with Crippen LogP contribution in [0.2, 0.25) is 0 Å². The van der Waals surface area contributed by atoms with Gasteiger partial charge in [-0.2, -0.15) is 5.10 Å². The second-order valence-corrected chi connectivity index (χ2v) is 5.76. The number of nitrogens with one attached hydrogen (secondary N) is 1. The van der Waals surface area contributed by atoms with Gasteiger partial charge in [-0.25, -0.2) is 9.07 Å². The molecule has 0 radical (unpaired) electrons. The van der Waals surface area contributed by atoms with Crippen molar-refractivity contribution in [2.24, 2.45) is 0 Å². The Morgan fingerprint density at radius 1 is 1.25 bits per heavy atom. The number of pyridine rings is 2. The lowest BCUT2D eigenvalue weighted by atomic mass is 10.0. The van der Waals surface area contributed by atoms with E-state index < -0.39 is 11.2 Å². The van der Waals surface area contributed by atoms with Gasteiger partial charge in [0.25, 0.3) is 0 Å². The van der Waals surface area contributed by atoms with Crippen LogP contribution in [0.5, 0.6) is 0 Å². The van der Waals surface area contributed by atoms with Crippen LogP contribution >= 0.6 is 0 Å². The van der Waals surface area contributed by atoms with E-state index in [0.29, 0.717) is 11.5 Å². The normalized spacial score (nSPS) is 15.0. The predicted molar refractivity (Wildman–Crippen MR) is 85.1 cm³/mol. The highest BCUT2D eigenvalue weighted by molar-refractivity contribution is 6.00. The molecule has 0 aliphatic heterocycles. The summed E-state index contributed by atoms with van der Waals surface area (Å²) in [5, 5.41) is 7.08. The van der Waals surface area contributed by atoms with Crippen molar-refractivity contribution in [3.63, 3.8) is 0 Å². The highest BCUT2D eigenvalue weighted by atomic mass is 19.1. The van der Waals surface area contributed by atoms with Crippen molar-refractivity contribution in [2.75, 3.05) is 5.32 Å². The molecule has 1 aliphatic rings. The van der Waals surface area contributed by atoms with Crippen molar-refractivity contribution in [3.05, 3.63) is 66.6 Å². The van der Waals surface area contributed by atoms with Crippen LogP contribution in [0.3, 0.4) is 0 Å². The molecule has 6 nitrogen and oxygen atoms in total. The van der Waals surface area contributed by atoms with E-state index in [1.807, 2.05) is 18.2 Å². The summed E-state index contributed by atoms with van der Waals surface area (Å²) in [7, 11) is 0. The molecule has 1 saturated carbocycles. The van der Waals surface area contributed by atoms with Crippen molar-refractivity contribution in [1.29, 1.82) is 0 Å². The fraction of sp³-hybridized carbons (Fsp3) is 0.176. The van der Waals surface area contributed by atoms with Crippen LogP contribution in [0.4, 0.5) is 10.2 Å². The maximum absolute atomic E-state index is 13.2. The van der Waals surface area contributed by atoms with Gasteiger partial charge in [0.15, 0.2) is 5.82 Å². The standard InChI is InChI=1S/C17H14FN5O/c18-12-9-13(11-19-10-12)23-8-4-15(22-23)21-16(24)17(5-6-17)14-3-1-2-7-20-14/h1-4,7-11H,5-6H2,(H,21,22,24). The Hall–Kier alpha value is -3.09. The van der Waals surface area contributed by atoms with Crippen LogP contribution in [0.1, 0.15) is 18.5 Å². The van der Waals surface area contributed by atoms with Gasteiger partial charge < -0.3 is 5.32 Å². The first-order valence-electron chi connectivity index (χ1n) is 7.57. The molecule has 0 atom stereocenters. The summed E-state index contributed by atoms with van der Waals surface area (Å²) in [4.78, 5) is 20.7. The molecule has 0 bridgehead atoms. The molecule has 0 saturated heterocycles. The number of hydrogen-bond acceptors (Lipinski definition) is 4. The Morgan fingerprint density at radius 3 is 2.83 bits per heavy atom. The molecule has 1 aliphatic carbocycles. The van der Waals surface area contributed by atoms with Crippen LogP contribution < -0.4 is 5.32 Å². The Labute approximate surface area is 137 Å². The Kier molecular flexibility index (Phi) is 3.34. The summed E-state index contributed by atoms with van der Waals surface area (Å²) < 4.78 is 14.7. The number of hydrogen-bond donors (Lipinski definition) is 1. The second-order valence-electron chi connectivity index (χ2n) is 5.76. The average molecular weight is 323 g/mol. The molecule has 3 aromatic heterocycles. The van der Waals surface area contributed by atoms with Gasteiger partial charge in [-0.05, 0) is 25.0 Å². The first-order chi connectivity index (χ1) is 11.7. The smallest absolute Gasteiger partial charge is 0.237 e. The minimum Gasteiger partial charge on any atom is -0.308 e. The zero-order chi connectivity index (χ0) is 16.6. The fourth-order valence-electron chi connectivity index (χ4n) is 2.67. The summed E-state index contributed by atoms with van der Waals surface area (Å²) in [5.74, 6) is -0.157. The highest BCUT2D eigenvalue weighted by Crippen LogP contribution is 2.48. The summed E-state index contributed by atoms with van der Waals surface area (Å²) in [6.45, 7) is 0.